The molecule has 0 saturated heterocycles. The molecule has 1 aliphatic rings. The topological polar surface area (TPSA) is 26.0 Å². The maximum Gasteiger partial charge on any atom is 0.188 e. The van der Waals surface area contributed by atoms with Crippen LogP contribution in [0.4, 0.5) is 4.39 Å². The van der Waals surface area contributed by atoms with Crippen molar-refractivity contribution in [3.63, 3.8) is 0 Å². The molecule has 2 heteroatoms. The summed E-state index contributed by atoms with van der Waals surface area (Å²) >= 11 is 0. The average molecular weight is 163 g/mol. The summed E-state index contributed by atoms with van der Waals surface area (Å²) < 4.78 is 13.6. The number of hydrogen-bond acceptors (Lipinski definition) is 1. The number of rotatable bonds is 0. The fourth-order valence-corrected chi connectivity index (χ4v) is 1.49. The fourth-order valence-electron chi connectivity index (χ4n) is 1.49. The van der Waals surface area contributed by atoms with E-state index in [-0.39, 0.29) is 6.42 Å². The van der Waals surface area contributed by atoms with Gasteiger partial charge >= 0.3 is 0 Å². The van der Waals surface area contributed by atoms with Crippen molar-refractivity contribution in [2.45, 2.75) is 12.2 Å². The summed E-state index contributed by atoms with van der Waals surface area (Å²) in [6.45, 7) is 0. The Morgan fingerprint density at radius 3 is 2.83 bits per heavy atom. The summed E-state index contributed by atoms with van der Waals surface area (Å²) in [5.41, 5.74) is 6.94. The third-order valence-corrected chi connectivity index (χ3v) is 2.12. The van der Waals surface area contributed by atoms with Gasteiger partial charge in [0, 0.05) is 12.0 Å². The fraction of sp³-hybridized carbons (Fsp3) is 0.200. The maximum atomic E-state index is 13.6. The van der Waals surface area contributed by atoms with E-state index in [4.69, 9.17) is 5.73 Å². The summed E-state index contributed by atoms with van der Waals surface area (Å²) in [5.74, 6) is -1.68. The van der Waals surface area contributed by atoms with E-state index in [0.717, 1.165) is 5.56 Å². The van der Waals surface area contributed by atoms with Gasteiger partial charge < -0.3 is 0 Å². The van der Waals surface area contributed by atoms with Gasteiger partial charge in [0.15, 0.2) is 5.79 Å². The van der Waals surface area contributed by atoms with Gasteiger partial charge in [-0.1, -0.05) is 36.4 Å². The van der Waals surface area contributed by atoms with Crippen LogP contribution in [-0.2, 0) is 5.79 Å². The Kier molecular flexibility index (Phi) is 1.51. The summed E-state index contributed by atoms with van der Waals surface area (Å²) in [4.78, 5) is 0. The van der Waals surface area contributed by atoms with Crippen molar-refractivity contribution in [2.24, 2.45) is 5.73 Å². The van der Waals surface area contributed by atoms with Gasteiger partial charge in [0.1, 0.15) is 0 Å². The van der Waals surface area contributed by atoms with E-state index in [0.29, 0.717) is 5.56 Å². The lowest BCUT2D eigenvalue weighted by Crippen LogP contribution is -2.32. The predicted octanol–water partition coefficient (Wildman–Crippen LogP) is 2.18. The molecule has 1 aromatic rings. The van der Waals surface area contributed by atoms with E-state index in [2.05, 4.69) is 0 Å². The van der Waals surface area contributed by atoms with Gasteiger partial charge in [-0.3, -0.25) is 5.73 Å². The van der Waals surface area contributed by atoms with Crippen LogP contribution in [0, 0.1) is 0 Å². The van der Waals surface area contributed by atoms with Crippen molar-refractivity contribution in [2.75, 3.05) is 0 Å². The lowest BCUT2D eigenvalue weighted by Gasteiger charge is -2.24. The first-order chi connectivity index (χ1) is 5.70. The van der Waals surface area contributed by atoms with Crippen molar-refractivity contribution >= 4 is 6.08 Å². The van der Waals surface area contributed by atoms with Crippen molar-refractivity contribution in [3.05, 3.63) is 41.5 Å². The van der Waals surface area contributed by atoms with Crippen LogP contribution in [0.15, 0.2) is 30.3 Å². The molecule has 2 rings (SSSR count). The lowest BCUT2D eigenvalue weighted by molar-refractivity contribution is 0.176. The molecule has 1 aromatic carbocycles. The molecule has 62 valence electrons. The molecular formula is C10H10FN. The zero-order valence-electron chi connectivity index (χ0n) is 6.63. The van der Waals surface area contributed by atoms with Gasteiger partial charge in [0.05, 0.1) is 0 Å². The van der Waals surface area contributed by atoms with Gasteiger partial charge in [-0.15, -0.1) is 0 Å². The van der Waals surface area contributed by atoms with Gasteiger partial charge in [0.25, 0.3) is 0 Å². The highest BCUT2D eigenvalue weighted by Crippen LogP contribution is 2.31. The zero-order chi connectivity index (χ0) is 8.60. The summed E-state index contributed by atoms with van der Waals surface area (Å²) in [6, 6.07) is 7.29. The molecule has 0 radical (unpaired) electrons. The molecule has 12 heavy (non-hydrogen) atoms. The second kappa shape index (κ2) is 2.42. The highest BCUT2D eigenvalue weighted by molar-refractivity contribution is 5.58. The third-order valence-electron chi connectivity index (χ3n) is 2.12. The highest BCUT2D eigenvalue weighted by atomic mass is 19.1. The van der Waals surface area contributed by atoms with Crippen molar-refractivity contribution in [1.82, 2.24) is 0 Å². The van der Waals surface area contributed by atoms with E-state index in [1.165, 1.54) is 0 Å². The number of hydrogen-bond donors (Lipinski definition) is 1. The molecule has 0 aliphatic heterocycles. The predicted molar refractivity (Wildman–Crippen MR) is 47.1 cm³/mol. The first-order valence-corrected chi connectivity index (χ1v) is 3.94. The molecule has 1 aliphatic carbocycles. The minimum atomic E-state index is -1.68. The molecule has 0 bridgehead atoms. The van der Waals surface area contributed by atoms with Crippen LogP contribution in [0.1, 0.15) is 17.5 Å². The number of fused-ring (bicyclic) bond motifs is 1. The Labute approximate surface area is 70.7 Å². The van der Waals surface area contributed by atoms with Crippen LogP contribution < -0.4 is 5.73 Å². The summed E-state index contributed by atoms with van der Waals surface area (Å²) in [5, 5.41) is 0. The third kappa shape index (κ3) is 1.04. The average Bonchev–Trinajstić information content (AvgIpc) is 2.04. The molecule has 0 fully saturated rings. The van der Waals surface area contributed by atoms with E-state index in [1.807, 2.05) is 18.2 Å². The van der Waals surface area contributed by atoms with Crippen molar-refractivity contribution in [1.29, 1.82) is 0 Å². The zero-order valence-corrected chi connectivity index (χ0v) is 6.63. The molecule has 0 spiro atoms. The van der Waals surface area contributed by atoms with E-state index in [1.54, 1.807) is 18.2 Å². The van der Waals surface area contributed by atoms with E-state index >= 15 is 0 Å². The number of nitrogens with two attached hydrogens (primary N) is 1. The van der Waals surface area contributed by atoms with Crippen molar-refractivity contribution < 1.29 is 4.39 Å². The highest BCUT2D eigenvalue weighted by Gasteiger charge is 2.29. The van der Waals surface area contributed by atoms with Crippen LogP contribution >= 0.6 is 0 Å². The standard InChI is InChI=1S/C10H10FN/c11-10(12)7-3-5-8-4-1-2-6-9(8)10/h1-6H,7,12H2. The minimum absolute atomic E-state index is 0.268. The summed E-state index contributed by atoms with van der Waals surface area (Å²) in [6.07, 6.45) is 3.94. The van der Waals surface area contributed by atoms with Crippen LogP contribution in [0.2, 0.25) is 0 Å². The Morgan fingerprint density at radius 2 is 2.08 bits per heavy atom. The molecule has 1 nitrogen and oxygen atoms in total. The summed E-state index contributed by atoms with van der Waals surface area (Å²) in [7, 11) is 0. The molecule has 0 aromatic heterocycles. The maximum absolute atomic E-state index is 13.6. The normalized spacial score (nSPS) is 26.8. The van der Waals surface area contributed by atoms with Crippen LogP contribution in [-0.4, -0.2) is 0 Å². The van der Waals surface area contributed by atoms with E-state index < -0.39 is 5.79 Å². The quantitative estimate of drug-likeness (QED) is 0.583. The second-order valence-electron chi connectivity index (χ2n) is 3.06. The Bertz CT molecular complexity index is 328. The van der Waals surface area contributed by atoms with Gasteiger partial charge in [-0.25, -0.2) is 4.39 Å². The van der Waals surface area contributed by atoms with Crippen LogP contribution in [0.25, 0.3) is 6.08 Å². The number of halogens is 1. The Morgan fingerprint density at radius 1 is 1.33 bits per heavy atom. The number of alkyl halides is 1. The van der Waals surface area contributed by atoms with Gasteiger partial charge in [0.2, 0.25) is 0 Å². The lowest BCUT2D eigenvalue weighted by atomic mass is 9.91. The molecule has 0 saturated carbocycles. The monoisotopic (exact) mass is 163 g/mol. The first-order valence-electron chi connectivity index (χ1n) is 3.94. The molecule has 1 unspecified atom stereocenters. The Balaban J connectivity index is 2.60. The number of benzene rings is 1. The Hall–Kier alpha value is -1.15. The molecule has 0 amide bonds. The molecular weight excluding hydrogens is 153 g/mol. The largest absolute Gasteiger partial charge is 0.295 e. The van der Waals surface area contributed by atoms with Gasteiger partial charge in [-0.2, -0.15) is 0 Å². The molecule has 1 atom stereocenters. The molecule has 0 heterocycles. The molecule has 2 N–H and O–H groups in total. The smallest absolute Gasteiger partial charge is 0.188 e. The van der Waals surface area contributed by atoms with Gasteiger partial charge in [-0.05, 0) is 5.56 Å². The van der Waals surface area contributed by atoms with E-state index in [9.17, 15) is 4.39 Å². The second-order valence-corrected chi connectivity index (χ2v) is 3.06. The van der Waals surface area contributed by atoms with Crippen LogP contribution in [0.3, 0.4) is 0 Å². The van der Waals surface area contributed by atoms with Crippen molar-refractivity contribution in [3.8, 4) is 0 Å². The van der Waals surface area contributed by atoms with Crippen LogP contribution in [0.5, 0.6) is 0 Å². The minimum Gasteiger partial charge on any atom is -0.295 e. The SMILES string of the molecule is NC1(F)CC=Cc2ccccc21. The first kappa shape index (κ1) is 7.50.